The highest BCUT2D eigenvalue weighted by Crippen LogP contribution is 2.41. The van der Waals surface area contributed by atoms with Crippen LogP contribution in [-0.2, 0) is 22.6 Å². The molecule has 0 atom stereocenters. The zero-order valence-electron chi connectivity index (χ0n) is 21.3. The van der Waals surface area contributed by atoms with Crippen LogP contribution in [0.15, 0.2) is 6.20 Å². The van der Waals surface area contributed by atoms with Crippen LogP contribution in [0.3, 0.4) is 0 Å². The molecule has 5 rings (SSSR count). The maximum absolute atomic E-state index is 13.6. The fourth-order valence-electron chi connectivity index (χ4n) is 6.25. The lowest BCUT2D eigenvalue weighted by atomic mass is 9.85. The van der Waals surface area contributed by atoms with E-state index in [0.717, 1.165) is 43.3 Å². The number of imidazole rings is 1. The van der Waals surface area contributed by atoms with Gasteiger partial charge in [-0.25, -0.2) is 9.78 Å². The molecule has 0 aliphatic carbocycles. The lowest BCUT2D eigenvalue weighted by Gasteiger charge is -2.44. The Kier molecular flexibility index (Phi) is 7.50. The number of hydrogen-bond acceptors (Lipinski definition) is 6. The molecule has 2 amide bonds. The smallest absolute Gasteiger partial charge is 0.426 e. The molecule has 1 spiro atoms. The van der Waals surface area contributed by atoms with E-state index in [0.29, 0.717) is 44.2 Å². The monoisotopic (exact) mass is 567 g/mol. The van der Waals surface area contributed by atoms with E-state index < -0.39 is 30.1 Å². The van der Waals surface area contributed by atoms with Crippen LogP contribution in [0.1, 0.15) is 54.8 Å². The Bertz CT molecular complexity index is 1050. The number of hydrogen-bond donors (Lipinski definition) is 0. The number of carbonyl (C=O) groups excluding carboxylic acids is 2. The second kappa shape index (κ2) is 10.5. The van der Waals surface area contributed by atoms with Crippen molar-refractivity contribution < 1.29 is 45.4 Å². The number of alkyl halides is 6. The zero-order valence-corrected chi connectivity index (χ0v) is 21.3. The number of piperidine rings is 1. The molecule has 218 valence electrons. The largest absolute Gasteiger partial charge is 0.434 e. The third-order valence-corrected chi connectivity index (χ3v) is 8.37. The Morgan fingerprint density at radius 2 is 1.64 bits per heavy atom. The van der Waals surface area contributed by atoms with Gasteiger partial charge in [-0.05, 0) is 38.5 Å². The first-order valence-corrected chi connectivity index (χ1v) is 13.2. The van der Waals surface area contributed by atoms with E-state index in [4.69, 9.17) is 4.74 Å². The van der Waals surface area contributed by atoms with Gasteiger partial charge in [-0.15, -0.1) is 0 Å². The number of ether oxygens (including phenoxy) is 2. The molecule has 0 unspecified atom stereocenters. The molecule has 4 aliphatic rings. The molecule has 0 N–H and O–H groups in total. The van der Waals surface area contributed by atoms with Crippen molar-refractivity contribution in [3.05, 3.63) is 17.7 Å². The van der Waals surface area contributed by atoms with Crippen LogP contribution in [0.2, 0.25) is 0 Å². The standard InChI is InChI=1S/C24H31F6N5O4/c25-23(26,27)20(24(28,29)30)39-21(37)32-8-5-22(6-9-32)4-1-7-35(22)19(36)17-14-34-11-10-33(15-18(34)31-17)16-2-12-38-13-3-16/h14,16,20H,1-13,15H2. The summed E-state index contributed by atoms with van der Waals surface area (Å²) in [6, 6.07) is 0.421. The summed E-state index contributed by atoms with van der Waals surface area (Å²) < 4.78 is 88.2. The average Bonchev–Trinajstić information content (AvgIpc) is 3.50. The van der Waals surface area contributed by atoms with Gasteiger partial charge in [-0.3, -0.25) is 9.69 Å². The van der Waals surface area contributed by atoms with Crippen LogP contribution >= 0.6 is 0 Å². The molecule has 3 saturated heterocycles. The van der Waals surface area contributed by atoms with Crippen molar-refractivity contribution in [1.82, 2.24) is 24.3 Å². The highest BCUT2D eigenvalue weighted by molar-refractivity contribution is 5.93. The van der Waals surface area contributed by atoms with E-state index in [2.05, 4.69) is 14.6 Å². The summed E-state index contributed by atoms with van der Waals surface area (Å²) in [6.07, 6.45) is -12.0. The molecule has 3 fully saturated rings. The predicted octanol–water partition coefficient (Wildman–Crippen LogP) is 3.58. The number of carbonyl (C=O) groups is 2. The lowest BCUT2D eigenvalue weighted by Crippen LogP contribution is -2.56. The normalized spacial score (nSPS) is 22.9. The van der Waals surface area contributed by atoms with E-state index in [1.54, 1.807) is 11.1 Å². The molecule has 39 heavy (non-hydrogen) atoms. The van der Waals surface area contributed by atoms with Gasteiger partial charge < -0.3 is 23.8 Å². The van der Waals surface area contributed by atoms with Crippen LogP contribution in [0, 0.1) is 0 Å². The minimum Gasteiger partial charge on any atom is -0.426 e. The number of nitrogens with zero attached hydrogens (tertiary/aromatic N) is 5. The first-order valence-electron chi connectivity index (χ1n) is 13.2. The second-order valence-electron chi connectivity index (χ2n) is 10.7. The Hall–Kier alpha value is -2.55. The fraction of sp³-hybridized carbons (Fsp3) is 0.792. The van der Waals surface area contributed by atoms with Gasteiger partial charge in [-0.1, -0.05) is 0 Å². The molecule has 9 nitrogen and oxygen atoms in total. The number of halogens is 6. The molecule has 0 bridgehead atoms. The average molecular weight is 568 g/mol. The summed E-state index contributed by atoms with van der Waals surface area (Å²) >= 11 is 0. The van der Waals surface area contributed by atoms with Crippen molar-refractivity contribution in [3.8, 4) is 0 Å². The van der Waals surface area contributed by atoms with Crippen molar-refractivity contribution in [3.63, 3.8) is 0 Å². The summed E-state index contributed by atoms with van der Waals surface area (Å²) in [4.78, 5) is 35.3. The molecule has 1 aromatic heterocycles. The number of fused-ring (bicyclic) bond motifs is 1. The molecule has 5 heterocycles. The quantitative estimate of drug-likeness (QED) is 0.520. The second-order valence-corrected chi connectivity index (χ2v) is 10.7. The van der Waals surface area contributed by atoms with Crippen LogP contribution < -0.4 is 0 Å². The fourth-order valence-corrected chi connectivity index (χ4v) is 6.25. The van der Waals surface area contributed by atoms with Gasteiger partial charge in [0, 0.05) is 63.7 Å². The Labute approximate surface area is 221 Å². The lowest BCUT2D eigenvalue weighted by molar-refractivity contribution is -0.308. The highest BCUT2D eigenvalue weighted by Gasteiger charge is 2.60. The van der Waals surface area contributed by atoms with E-state index in [-0.39, 0.29) is 31.8 Å². The van der Waals surface area contributed by atoms with Gasteiger partial charge in [0.05, 0.1) is 6.54 Å². The Morgan fingerprint density at radius 3 is 2.28 bits per heavy atom. The van der Waals surface area contributed by atoms with Crippen molar-refractivity contribution in [1.29, 1.82) is 0 Å². The first-order chi connectivity index (χ1) is 18.4. The van der Waals surface area contributed by atoms with Crippen molar-refractivity contribution in [2.24, 2.45) is 0 Å². The number of amides is 2. The summed E-state index contributed by atoms with van der Waals surface area (Å²) in [5.74, 6) is 0.558. The molecular weight excluding hydrogens is 536 g/mol. The van der Waals surface area contributed by atoms with Gasteiger partial charge in [0.1, 0.15) is 11.5 Å². The molecular formula is C24H31F6N5O4. The van der Waals surface area contributed by atoms with Crippen LogP contribution in [0.4, 0.5) is 31.1 Å². The van der Waals surface area contributed by atoms with Crippen molar-refractivity contribution >= 4 is 12.0 Å². The van der Waals surface area contributed by atoms with E-state index in [1.807, 2.05) is 4.57 Å². The molecule has 1 aromatic rings. The number of rotatable bonds is 3. The first kappa shape index (κ1) is 28.0. The van der Waals surface area contributed by atoms with Gasteiger partial charge >= 0.3 is 18.4 Å². The molecule has 0 radical (unpaired) electrons. The van der Waals surface area contributed by atoms with Crippen LogP contribution in [0.5, 0.6) is 0 Å². The van der Waals surface area contributed by atoms with Crippen molar-refractivity contribution in [2.75, 3.05) is 39.4 Å². The number of aromatic nitrogens is 2. The summed E-state index contributed by atoms with van der Waals surface area (Å²) in [5, 5.41) is 0. The third kappa shape index (κ3) is 5.70. The molecule has 0 aromatic carbocycles. The molecule has 4 aliphatic heterocycles. The summed E-state index contributed by atoms with van der Waals surface area (Å²) in [6.45, 7) is 3.89. The molecule has 0 saturated carbocycles. The third-order valence-electron chi connectivity index (χ3n) is 8.37. The SMILES string of the molecule is O=C(OC(C(F)(F)F)C(F)(F)F)N1CCC2(CCCN2C(=O)c2cn3c(n2)CN(C2CCOCC2)CC3)CC1. The summed E-state index contributed by atoms with van der Waals surface area (Å²) in [7, 11) is 0. The maximum atomic E-state index is 13.6. The minimum absolute atomic E-state index is 0.120. The number of likely N-dealkylation sites (tertiary alicyclic amines) is 2. The van der Waals surface area contributed by atoms with Gasteiger partial charge in [0.2, 0.25) is 0 Å². The van der Waals surface area contributed by atoms with Gasteiger partial charge in [0.15, 0.2) is 0 Å². The topological polar surface area (TPSA) is 80.1 Å². The van der Waals surface area contributed by atoms with E-state index >= 15 is 0 Å². The van der Waals surface area contributed by atoms with E-state index in [9.17, 15) is 35.9 Å². The predicted molar refractivity (Wildman–Crippen MR) is 123 cm³/mol. The summed E-state index contributed by atoms with van der Waals surface area (Å²) in [5.41, 5.74) is -0.320. The Balaban J connectivity index is 1.22. The van der Waals surface area contributed by atoms with Gasteiger partial charge in [-0.2, -0.15) is 26.3 Å². The maximum Gasteiger partial charge on any atom is 0.434 e. The zero-order chi connectivity index (χ0) is 28.0. The minimum atomic E-state index is -5.77. The molecule has 15 heteroatoms. The van der Waals surface area contributed by atoms with Crippen LogP contribution in [-0.4, -0.2) is 106 Å². The van der Waals surface area contributed by atoms with Gasteiger partial charge in [0.25, 0.3) is 12.0 Å². The van der Waals surface area contributed by atoms with E-state index in [1.165, 1.54) is 0 Å². The van der Waals surface area contributed by atoms with Crippen LogP contribution in [0.25, 0.3) is 0 Å². The highest BCUT2D eigenvalue weighted by atomic mass is 19.4. The Morgan fingerprint density at radius 1 is 0.974 bits per heavy atom. The van der Waals surface area contributed by atoms with Crippen molar-refractivity contribution in [2.45, 2.75) is 81.7 Å².